The van der Waals surface area contributed by atoms with Crippen molar-refractivity contribution in [2.75, 3.05) is 0 Å². The second-order valence-electron chi connectivity index (χ2n) is 4.80. The van der Waals surface area contributed by atoms with Crippen LogP contribution in [0.15, 0.2) is 17.6 Å². The van der Waals surface area contributed by atoms with E-state index in [1.807, 2.05) is 0 Å². The van der Waals surface area contributed by atoms with Crippen molar-refractivity contribution in [3.05, 3.63) is 35.2 Å². The highest BCUT2D eigenvalue weighted by Gasteiger charge is 2.38. The lowest BCUT2D eigenvalue weighted by atomic mass is 10.1. The zero-order valence-corrected chi connectivity index (χ0v) is 13.0. The highest BCUT2D eigenvalue weighted by Crippen LogP contribution is 2.36. The molecular formula is C13H6F6N5S. The monoisotopic (exact) mass is 378 g/mol. The van der Waals surface area contributed by atoms with Crippen molar-refractivity contribution in [3.8, 4) is 22.1 Å². The van der Waals surface area contributed by atoms with Gasteiger partial charge in [-0.3, -0.25) is 4.68 Å². The molecule has 25 heavy (non-hydrogen) atoms. The first kappa shape index (κ1) is 17.3. The number of thiazole rings is 1. The van der Waals surface area contributed by atoms with E-state index in [4.69, 9.17) is 0 Å². The lowest BCUT2D eigenvalue weighted by Crippen LogP contribution is -2.08. The number of alkyl halides is 6. The van der Waals surface area contributed by atoms with Gasteiger partial charge >= 0.3 is 12.4 Å². The molecule has 0 aliphatic rings. The molecule has 3 rings (SSSR count). The summed E-state index contributed by atoms with van der Waals surface area (Å²) in [5.41, 5.74) is -2.79. The smallest absolute Gasteiger partial charge is 0.275 e. The summed E-state index contributed by atoms with van der Waals surface area (Å²) in [6.45, 7) is 0. The average molecular weight is 378 g/mol. The Balaban J connectivity index is 2.05. The van der Waals surface area contributed by atoms with E-state index in [0.29, 0.717) is 11.3 Å². The van der Waals surface area contributed by atoms with Gasteiger partial charge in [0.2, 0.25) is 0 Å². The van der Waals surface area contributed by atoms with Crippen molar-refractivity contribution in [1.82, 2.24) is 24.7 Å². The summed E-state index contributed by atoms with van der Waals surface area (Å²) in [5.74, 6) is -0.255. The van der Waals surface area contributed by atoms with Gasteiger partial charge < -0.3 is 0 Å². The molecule has 5 nitrogen and oxygen atoms in total. The first-order valence-electron chi connectivity index (χ1n) is 6.45. The van der Waals surface area contributed by atoms with Crippen molar-refractivity contribution < 1.29 is 26.3 Å². The van der Waals surface area contributed by atoms with Crippen LogP contribution in [0.1, 0.15) is 11.4 Å². The Morgan fingerprint density at radius 2 is 1.80 bits per heavy atom. The Morgan fingerprint density at radius 3 is 2.40 bits per heavy atom. The van der Waals surface area contributed by atoms with E-state index in [1.165, 1.54) is 7.05 Å². The molecule has 3 aromatic heterocycles. The van der Waals surface area contributed by atoms with Gasteiger partial charge in [0.25, 0.3) is 0 Å². The molecule has 0 bridgehead atoms. The van der Waals surface area contributed by atoms with E-state index in [1.54, 1.807) is 0 Å². The number of halogens is 6. The molecule has 0 saturated heterocycles. The van der Waals surface area contributed by atoms with Crippen molar-refractivity contribution >= 4 is 11.3 Å². The molecule has 12 heteroatoms. The van der Waals surface area contributed by atoms with E-state index in [0.717, 1.165) is 22.3 Å². The number of hydrogen-bond acceptors (Lipinski definition) is 5. The zero-order chi connectivity index (χ0) is 18.4. The topological polar surface area (TPSA) is 56.5 Å². The molecule has 0 unspecified atom stereocenters. The Bertz CT molecular complexity index is 910. The van der Waals surface area contributed by atoms with E-state index in [-0.39, 0.29) is 22.1 Å². The SMILES string of the molecule is Cn1cc(-c2c[c]nc(-c3nc(C(F)(F)F)cs3)n2)c(C(F)(F)F)n1. The largest absolute Gasteiger partial charge is 0.435 e. The standard InChI is InChI=1S/C13H6F6N5S/c1-24-4-6(9(23-24)13(17,18)19)7-2-3-20-10(21-7)11-22-8(5-25-11)12(14,15)16/h2,4-5H,1H3. The van der Waals surface area contributed by atoms with E-state index in [9.17, 15) is 26.3 Å². The summed E-state index contributed by atoms with van der Waals surface area (Å²) in [6.07, 6.45) is -5.92. The van der Waals surface area contributed by atoms with Crippen LogP contribution in [0.2, 0.25) is 0 Å². The number of aryl methyl sites for hydroxylation is 1. The molecule has 0 amide bonds. The third-order valence-corrected chi connectivity index (χ3v) is 3.80. The molecule has 0 atom stereocenters. The fraction of sp³-hybridized carbons (Fsp3) is 0.231. The van der Waals surface area contributed by atoms with Crippen LogP contribution >= 0.6 is 11.3 Å². The predicted octanol–water partition coefficient (Wildman–Crippen LogP) is 3.84. The Hall–Kier alpha value is -2.50. The van der Waals surface area contributed by atoms with Gasteiger partial charge in [0, 0.05) is 18.6 Å². The maximum atomic E-state index is 13.0. The van der Waals surface area contributed by atoms with Gasteiger partial charge in [-0.1, -0.05) is 0 Å². The van der Waals surface area contributed by atoms with Crippen LogP contribution in [-0.4, -0.2) is 24.7 Å². The highest BCUT2D eigenvalue weighted by molar-refractivity contribution is 7.13. The second-order valence-corrected chi connectivity index (χ2v) is 5.66. The highest BCUT2D eigenvalue weighted by atomic mass is 32.1. The van der Waals surface area contributed by atoms with Crippen LogP contribution in [0, 0.1) is 6.20 Å². The van der Waals surface area contributed by atoms with Crippen LogP contribution in [0.4, 0.5) is 26.3 Å². The quantitative estimate of drug-likeness (QED) is 0.636. The van der Waals surface area contributed by atoms with Crippen molar-refractivity contribution in [2.45, 2.75) is 12.4 Å². The molecule has 1 radical (unpaired) electrons. The minimum absolute atomic E-state index is 0.172. The summed E-state index contributed by atoms with van der Waals surface area (Å²) in [4.78, 5) is 10.9. The maximum Gasteiger partial charge on any atom is 0.435 e. The Morgan fingerprint density at radius 1 is 1.08 bits per heavy atom. The van der Waals surface area contributed by atoms with Gasteiger partial charge in [-0.2, -0.15) is 31.4 Å². The van der Waals surface area contributed by atoms with Crippen molar-refractivity contribution in [2.24, 2.45) is 7.05 Å². The summed E-state index contributed by atoms with van der Waals surface area (Å²) < 4.78 is 77.9. The van der Waals surface area contributed by atoms with Gasteiger partial charge in [0.05, 0.1) is 17.5 Å². The van der Waals surface area contributed by atoms with E-state index >= 15 is 0 Å². The van der Waals surface area contributed by atoms with Gasteiger partial charge in [-0.05, 0) is 6.07 Å². The number of nitrogens with zero attached hydrogens (tertiary/aromatic N) is 5. The molecule has 0 fully saturated rings. The fourth-order valence-electron chi connectivity index (χ4n) is 1.95. The van der Waals surface area contributed by atoms with E-state index in [2.05, 4.69) is 26.2 Å². The summed E-state index contributed by atoms with van der Waals surface area (Å²) in [7, 11) is 1.31. The number of aromatic nitrogens is 5. The van der Waals surface area contributed by atoms with Crippen molar-refractivity contribution in [3.63, 3.8) is 0 Å². The third kappa shape index (κ3) is 3.48. The van der Waals surface area contributed by atoms with E-state index < -0.39 is 23.7 Å². The summed E-state index contributed by atoms with van der Waals surface area (Å²) >= 11 is 0.629. The lowest BCUT2D eigenvalue weighted by molar-refractivity contribution is -0.141. The second kappa shape index (κ2) is 5.79. The minimum atomic E-state index is -4.72. The van der Waals surface area contributed by atoms with Gasteiger partial charge in [-0.25, -0.2) is 15.0 Å². The normalized spacial score (nSPS) is 12.6. The van der Waals surface area contributed by atoms with Crippen LogP contribution in [-0.2, 0) is 19.4 Å². The molecule has 0 saturated carbocycles. The van der Waals surface area contributed by atoms with Crippen LogP contribution in [0.5, 0.6) is 0 Å². The first-order valence-corrected chi connectivity index (χ1v) is 7.33. The predicted molar refractivity (Wildman–Crippen MR) is 74.2 cm³/mol. The summed E-state index contributed by atoms with van der Waals surface area (Å²) in [6, 6.07) is 1.09. The lowest BCUT2D eigenvalue weighted by Gasteiger charge is -2.06. The molecule has 131 valence electrons. The van der Waals surface area contributed by atoms with Gasteiger partial charge in [0.1, 0.15) is 0 Å². The maximum absolute atomic E-state index is 13.0. The third-order valence-electron chi connectivity index (χ3n) is 2.96. The number of hydrogen-bond donors (Lipinski definition) is 0. The van der Waals surface area contributed by atoms with Crippen LogP contribution in [0.25, 0.3) is 22.1 Å². The number of rotatable bonds is 2. The Labute approximate surface area is 140 Å². The molecule has 0 N–H and O–H groups in total. The zero-order valence-electron chi connectivity index (χ0n) is 12.1. The molecule has 3 heterocycles. The molecule has 0 aliphatic carbocycles. The van der Waals surface area contributed by atoms with Crippen molar-refractivity contribution in [1.29, 1.82) is 0 Å². The Kier molecular flexibility index (Phi) is 4.01. The minimum Gasteiger partial charge on any atom is -0.275 e. The summed E-state index contributed by atoms with van der Waals surface area (Å²) in [5, 5.41) is 3.95. The first-order chi connectivity index (χ1) is 11.6. The van der Waals surface area contributed by atoms with Crippen LogP contribution in [0.3, 0.4) is 0 Å². The van der Waals surface area contributed by atoms with Gasteiger partial charge in [0.15, 0.2) is 22.2 Å². The van der Waals surface area contributed by atoms with Gasteiger partial charge in [-0.15, -0.1) is 11.3 Å². The molecule has 0 aliphatic heterocycles. The fourth-order valence-corrected chi connectivity index (χ4v) is 2.71. The average Bonchev–Trinajstić information content (AvgIpc) is 3.13. The molecule has 0 spiro atoms. The molecule has 3 aromatic rings. The molecular weight excluding hydrogens is 372 g/mol. The van der Waals surface area contributed by atoms with Crippen LogP contribution < -0.4 is 0 Å². The molecule has 0 aromatic carbocycles.